The number of amides is 2. The fourth-order valence-electron chi connectivity index (χ4n) is 6.71. The summed E-state index contributed by atoms with van der Waals surface area (Å²) in [6.07, 6.45) is 4.52. The second-order valence-electron chi connectivity index (χ2n) is 16.3. The molecule has 0 aliphatic carbocycles. The van der Waals surface area contributed by atoms with Crippen LogP contribution in [0.1, 0.15) is 49.7 Å². The fraction of sp³-hybridized carbons (Fsp3) is 0.513. The molecule has 2 saturated heterocycles. The number of piperidine rings is 1. The molecule has 54 heavy (non-hydrogen) atoms. The van der Waals surface area contributed by atoms with Crippen LogP contribution in [0.15, 0.2) is 48.9 Å². The van der Waals surface area contributed by atoms with E-state index < -0.39 is 31.5 Å². The predicted molar refractivity (Wildman–Crippen MR) is 210 cm³/mol. The van der Waals surface area contributed by atoms with Gasteiger partial charge in [-0.3, -0.25) is 14.7 Å². The SMILES string of the molecule is CC(C)(C)OC(=O)N[C@@H]1CCCN(Cc2ccnc(C(=O)Nc3ccc(-c4cc5c(N6CCOCC6)ncnc5n4COCC[Si](C)(C)C)c(F)c3)c2)C1. The van der Waals surface area contributed by atoms with Crippen molar-refractivity contribution < 1.29 is 28.2 Å². The van der Waals surface area contributed by atoms with E-state index in [1.165, 1.54) is 6.07 Å². The molecule has 2 aliphatic rings. The summed E-state index contributed by atoms with van der Waals surface area (Å²) in [5.41, 5.74) is 2.51. The zero-order chi connectivity index (χ0) is 38.5. The molecule has 3 aromatic heterocycles. The van der Waals surface area contributed by atoms with E-state index in [-0.39, 0.29) is 18.5 Å². The van der Waals surface area contributed by atoms with E-state index >= 15 is 4.39 Å². The van der Waals surface area contributed by atoms with Gasteiger partial charge in [0.05, 0.1) is 24.3 Å². The van der Waals surface area contributed by atoms with Crippen molar-refractivity contribution in [3.8, 4) is 11.3 Å². The van der Waals surface area contributed by atoms with Crippen LogP contribution in [0.3, 0.4) is 0 Å². The number of rotatable bonds is 12. The highest BCUT2D eigenvalue weighted by atomic mass is 28.3. The standard InChI is InChI=1S/C39H53FN8O5Si/c1-39(2,3)53-38(50)45-29-8-7-13-46(24-29)23-27-11-12-41-33(20-27)37(49)44-28-9-10-30(32(40)21-28)34-22-31-35(47-14-16-51-17-15-47)42-25-43-36(31)48(34)26-52-18-19-54(4,5)6/h9-12,20-22,25,29H,7-8,13-19,23-24,26H2,1-6H3,(H,44,49)(H,45,50)/t29-/m1/s1. The molecule has 0 spiro atoms. The first-order valence-corrected chi connectivity index (χ1v) is 22.5. The minimum absolute atomic E-state index is 0.0282. The number of hydrogen-bond donors (Lipinski definition) is 2. The van der Waals surface area contributed by atoms with Crippen LogP contribution in [0.2, 0.25) is 25.7 Å². The summed E-state index contributed by atoms with van der Waals surface area (Å²) in [6.45, 7) is 18.0. The van der Waals surface area contributed by atoms with Crippen LogP contribution < -0.4 is 15.5 Å². The van der Waals surface area contributed by atoms with Crippen LogP contribution in [-0.2, 0) is 27.5 Å². The number of nitrogens with zero attached hydrogens (tertiary/aromatic N) is 6. The van der Waals surface area contributed by atoms with Crippen molar-refractivity contribution in [2.24, 2.45) is 0 Å². The number of hydrogen-bond acceptors (Lipinski definition) is 10. The fourth-order valence-corrected chi connectivity index (χ4v) is 7.46. The molecular weight excluding hydrogens is 708 g/mol. The van der Waals surface area contributed by atoms with E-state index in [1.807, 2.05) is 37.5 Å². The molecule has 2 aliphatic heterocycles. The summed E-state index contributed by atoms with van der Waals surface area (Å²) < 4.78 is 35.1. The number of likely N-dealkylation sites (tertiary alicyclic amines) is 1. The number of alkyl carbamates (subject to hydrolysis) is 1. The molecule has 15 heteroatoms. The number of carbonyl (C=O) groups is 2. The monoisotopic (exact) mass is 760 g/mol. The topological polar surface area (TPSA) is 136 Å². The normalized spacial score (nSPS) is 17.1. The Morgan fingerprint density at radius 3 is 2.57 bits per heavy atom. The molecular formula is C39H53FN8O5Si. The molecule has 0 bridgehead atoms. The minimum Gasteiger partial charge on any atom is -0.444 e. The van der Waals surface area contributed by atoms with Gasteiger partial charge in [-0.15, -0.1) is 0 Å². The second kappa shape index (κ2) is 16.9. The molecule has 2 fully saturated rings. The maximum absolute atomic E-state index is 16.1. The third kappa shape index (κ3) is 10.4. The number of anilines is 2. The first-order chi connectivity index (χ1) is 25.7. The van der Waals surface area contributed by atoms with Crippen molar-refractivity contribution in [2.75, 3.05) is 56.2 Å². The van der Waals surface area contributed by atoms with Crippen molar-refractivity contribution >= 4 is 42.6 Å². The maximum atomic E-state index is 16.1. The molecule has 2 amide bonds. The number of ether oxygens (including phenoxy) is 3. The Kier molecular flexibility index (Phi) is 12.3. The lowest BCUT2D eigenvalue weighted by molar-refractivity contribution is 0.0470. The Labute approximate surface area is 317 Å². The van der Waals surface area contributed by atoms with Gasteiger partial charge in [0.1, 0.15) is 41.6 Å². The molecule has 0 radical (unpaired) electrons. The van der Waals surface area contributed by atoms with Gasteiger partial charge in [-0.05, 0) is 88.2 Å². The largest absolute Gasteiger partial charge is 0.444 e. The summed E-state index contributed by atoms with van der Waals surface area (Å²) in [4.78, 5) is 43.6. The number of morpholine rings is 1. The van der Waals surface area contributed by atoms with E-state index in [2.05, 4.69) is 55.0 Å². The second-order valence-corrected chi connectivity index (χ2v) is 21.9. The number of halogens is 1. The molecule has 0 unspecified atom stereocenters. The van der Waals surface area contributed by atoms with Crippen LogP contribution in [0.25, 0.3) is 22.3 Å². The van der Waals surface area contributed by atoms with E-state index in [9.17, 15) is 9.59 Å². The lowest BCUT2D eigenvalue weighted by Crippen LogP contribution is -2.48. The van der Waals surface area contributed by atoms with E-state index in [1.54, 1.807) is 30.7 Å². The van der Waals surface area contributed by atoms with Gasteiger partial charge < -0.3 is 34.3 Å². The average Bonchev–Trinajstić information content (AvgIpc) is 3.48. The number of carbonyl (C=O) groups excluding carboxylic acids is 2. The number of nitrogens with one attached hydrogen (secondary N) is 2. The predicted octanol–water partition coefficient (Wildman–Crippen LogP) is 6.52. The van der Waals surface area contributed by atoms with Crippen LogP contribution in [0.4, 0.5) is 20.7 Å². The van der Waals surface area contributed by atoms with Gasteiger partial charge in [0.2, 0.25) is 0 Å². The summed E-state index contributed by atoms with van der Waals surface area (Å²) in [6, 6.07) is 11.2. The van der Waals surface area contributed by atoms with Gasteiger partial charge in [-0.2, -0.15) is 0 Å². The zero-order valence-electron chi connectivity index (χ0n) is 32.3. The summed E-state index contributed by atoms with van der Waals surface area (Å²) in [5, 5.41) is 6.61. The lowest BCUT2D eigenvalue weighted by Gasteiger charge is -2.33. The van der Waals surface area contributed by atoms with Gasteiger partial charge >= 0.3 is 6.09 Å². The quantitative estimate of drug-likeness (QED) is 0.121. The molecule has 1 atom stereocenters. The first-order valence-electron chi connectivity index (χ1n) is 18.8. The molecule has 2 N–H and O–H groups in total. The molecule has 290 valence electrons. The maximum Gasteiger partial charge on any atom is 0.407 e. The van der Waals surface area contributed by atoms with Crippen LogP contribution >= 0.6 is 0 Å². The molecule has 5 heterocycles. The Morgan fingerprint density at radius 1 is 1.04 bits per heavy atom. The van der Waals surface area contributed by atoms with Crippen molar-refractivity contribution in [1.29, 1.82) is 0 Å². The third-order valence-corrected chi connectivity index (χ3v) is 11.1. The third-order valence-electron chi connectivity index (χ3n) is 9.39. The molecule has 6 rings (SSSR count). The average molecular weight is 761 g/mol. The highest BCUT2D eigenvalue weighted by Gasteiger charge is 2.26. The van der Waals surface area contributed by atoms with Gasteiger partial charge in [0, 0.05) is 64.3 Å². The Bertz CT molecular complexity index is 1940. The lowest BCUT2D eigenvalue weighted by atomic mass is 10.0. The Balaban J connectivity index is 1.16. The van der Waals surface area contributed by atoms with Crippen molar-refractivity contribution in [1.82, 2.24) is 29.7 Å². The molecule has 4 aromatic rings. The van der Waals surface area contributed by atoms with Crippen LogP contribution in [0, 0.1) is 5.82 Å². The highest BCUT2D eigenvalue weighted by Crippen LogP contribution is 2.34. The van der Waals surface area contributed by atoms with Crippen molar-refractivity contribution in [2.45, 2.75) is 84.2 Å². The van der Waals surface area contributed by atoms with Gasteiger partial charge in [0.25, 0.3) is 5.91 Å². The highest BCUT2D eigenvalue weighted by molar-refractivity contribution is 6.76. The van der Waals surface area contributed by atoms with Gasteiger partial charge in [0.15, 0.2) is 0 Å². The Morgan fingerprint density at radius 2 is 1.83 bits per heavy atom. The smallest absolute Gasteiger partial charge is 0.407 e. The molecule has 1 aromatic carbocycles. The van der Waals surface area contributed by atoms with Gasteiger partial charge in [-0.1, -0.05) is 19.6 Å². The van der Waals surface area contributed by atoms with E-state index in [0.29, 0.717) is 68.6 Å². The summed E-state index contributed by atoms with van der Waals surface area (Å²) in [7, 11) is -1.32. The summed E-state index contributed by atoms with van der Waals surface area (Å²) in [5.74, 6) is -0.161. The van der Waals surface area contributed by atoms with Crippen LogP contribution in [0.5, 0.6) is 0 Å². The number of pyridine rings is 1. The summed E-state index contributed by atoms with van der Waals surface area (Å²) >= 11 is 0. The molecule has 13 nitrogen and oxygen atoms in total. The van der Waals surface area contributed by atoms with E-state index in [0.717, 1.165) is 42.2 Å². The molecule has 0 saturated carbocycles. The van der Waals surface area contributed by atoms with Crippen molar-refractivity contribution in [3.63, 3.8) is 0 Å². The van der Waals surface area contributed by atoms with Crippen molar-refractivity contribution in [3.05, 3.63) is 66.0 Å². The number of benzene rings is 1. The Hall–Kier alpha value is -4.44. The number of aromatic nitrogens is 4. The minimum atomic E-state index is -1.32. The van der Waals surface area contributed by atoms with E-state index in [4.69, 9.17) is 14.2 Å². The van der Waals surface area contributed by atoms with Crippen LogP contribution in [-0.4, -0.2) is 102 Å². The number of fused-ring (bicyclic) bond motifs is 1. The van der Waals surface area contributed by atoms with Gasteiger partial charge in [-0.25, -0.2) is 19.2 Å². The zero-order valence-corrected chi connectivity index (χ0v) is 33.3. The first kappa shape index (κ1) is 39.3.